The van der Waals surface area contributed by atoms with Gasteiger partial charge in [0.05, 0.1) is 47.8 Å². The van der Waals surface area contributed by atoms with Crippen LogP contribution >= 0.6 is 15.9 Å². The van der Waals surface area contributed by atoms with Gasteiger partial charge in [0.15, 0.2) is 0 Å². The summed E-state index contributed by atoms with van der Waals surface area (Å²) in [6.07, 6.45) is -1.00. The summed E-state index contributed by atoms with van der Waals surface area (Å²) in [5, 5.41) is 0. The average Bonchev–Trinajstić information content (AvgIpc) is 2.88. The Morgan fingerprint density at radius 1 is 0.800 bits per heavy atom. The van der Waals surface area contributed by atoms with Crippen molar-refractivity contribution < 1.29 is 28.6 Å². The maximum absolute atomic E-state index is 13.0. The molecule has 0 aliphatic heterocycles. The maximum Gasteiger partial charge on any atom is 0.340 e. The van der Waals surface area contributed by atoms with Crippen molar-refractivity contribution in [1.82, 2.24) is 9.97 Å². The zero-order chi connectivity index (χ0) is 25.1. The molecule has 35 heavy (non-hydrogen) atoms. The number of rotatable bonds is 6. The highest BCUT2D eigenvalue weighted by Crippen LogP contribution is 2.33. The molecule has 0 aliphatic rings. The van der Waals surface area contributed by atoms with E-state index in [1.54, 1.807) is 67.6 Å². The van der Waals surface area contributed by atoms with E-state index in [0.717, 1.165) is 4.47 Å². The highest BCUT2D eigenvalue weighted by atomic mass is 79.9. The first-order chi connectivity index (χ1) is 16.8. The molecule has 0 radical (unpaired) electrons. The molecule has 0 saturated carbocycles. The average molecular weight is 537 g/mol. The smallest absolute Gasteiger partial charge is 0.340 e. The maximum atomic E-state index is 13.0. The third-order valence-electron chi connectivity index (χ3n) is 5.58. The summed E-state index contributed by atoms with van der Waals surface area (Å²) in [5.41, 5.74) is 2.84. The number of nitrogens with zero attached hydrogens (tertiary/aromatic N) is 2. The Kier molecular flexibility index (Phi) is 7.07. The molecule has 3 aromatic carbocycles. The fourth-order valence-electron chi connectivity index (χ4n) is 3.76. The molecule has 1 aromatic heterocycles. The molecule has 8 nitrogen and oxygen atoms in total. The molecule has 0 aliphatic carbocycles. The number of aromatic nitrogens is 2. The van der Waals surface area contributed by atoms with Gasteiger partial charge in [0.2, 0.25) is 0 Å². The normalized spacial score (nSPS) is 12.7. The van der Waals surface area contributed by atoms with E-state index in [4.69, 9.17) is 19.2 Å². The minimum atomic E-state index is -1.00. The number of fused-ring (bicyclic) bond motifs is 2. The topological polar surface area (TPSA) is 105 Å². The van der Waals surface area contributed by atoms with E-state index in [1.807, 2.05) is 0 Å². The van der Waals surface area contributed by atoms with Crippen LogP contribution in [-0.2, 0) is 19.0 Å². The van der Waals surface area contributed by atoms with E-state index in [2.05, 4.69) is 20.9 Å². The molecule has 0 amide bonds. The molecule has 1 heterocycles. The minimum Gasteiger partial charge on any atom is -0.469 e. The fourth-order valence-corrected chi connectivity index (χ4v) is 4.02. The van der Waals surface area contributed by atoms with E-state index >= 15 is 0 Å². The number of carbonyl (C=O) groups excluding carboxylic acids is 3. The SMILES string of the molecule is COC(=O)c1cccc2nc3c([C@H](OC(=O)c4ccc(Br)cc4)[C@@H](C)C(=O)OC)cccc3nc12. The molecule has 9 heteroatoms. The fraction of sp³-hybridized carbons (Fsp3) is 0.192. The van der Waals surface area contributed by atoms with Crippen LogP contribution in [0.5, 0.6) is 0 Å². The number of esters is 3. The molecule has 4 rings (SSSR count). The van der Waals surface area contributed by atoms with E-state index < -0.39 is 29.9 Å². The number of halogens is 1. The van der Waals surface area contributed by atoms with E-state index in [0.29, 0.717) is 33.2 Å². The van der Waals surface area contributed by atoms with E-state index in [-0.39, 0.29) is 5.56 Å². The van der Waals surface area contributed by atoms with Gasteiger partial charge in [-0.2, -0.15) is 0 Å². The van der Waals surface area contributed by atoms with Gasteiger partial charge in [0.1, 0.15) is 11.6 Å². The lowest BCUT2D eigenvalue weighted by Gasteiger charge is -2.24. The monoisotopic (exact) mass is 536 g/mol. The second kappa shape index (κ2) is 10.2. The van der Waals surface area contributed by atoms with Gasteiger partial charge in [-0.1, -0.05) is 34.1 Å². The third kappa shape index (κ3) is 4.85. The second-order valence-corrected chi connectivity index (χ2v) is 8.66. The zero-order valence-corrected chi connectivity index (χ0v) is 20.7. The van der Waals surface area contributed by atoms with Crippen LogP contribution < -0.4 is 0 Å². The van der Waals surface area contributed by atoms with Crippen LogP contribution in [0.15, 0.2) is 65.1 Å². The van der Waals surface area contributed by atoms with Gasteiger partial charge in [0.25, 0.3) is 0 Å². The molecule has 4 aromatic rings. The lowest BCUT2D eigenvalue weighted by Crippen LogP contribution is -2.25. The zero-order valence-electron chi connectivity index (χ0n) is 19.2. The molecule has 0 N–H and O–H groups in total. The first kappa shape index (κ1) is 24.3. The lowest BCUT2D eigenvalue weighted by molar-refractivity contribution is -0.148. The van der Waals surface area contributed by atoms with Crippen LogP contribution in [0.4, 0.5) is 0 Å². The Labute approximate surface area is 209 Å². The Morgan fingerprint density at radius 2 is 1.43 bits per heavy atom. The number of ether oxygens (including phenoxy) is 3. The number of para-hydroxylation sites is 2. The van der Waals surface area contributed by atoms with Crippen LogP contribution in [0.2, 0.25) is 0 Å². The molecule has 178 valence electrons. The van der Waals surface area contributed by atoms with Crippen molar-refractivity contribution in [3.8, 4) is 0 Å². The summed E-state index contributed by atoms with van der Waals surface area (Å²) in [7, 11) is 2.57. The number of carbonyl (C=O) groups is 3. The van der Waals surface area contributed by atoms with Crippen LogP contribution in [-0.4, -0.2) is 42.1 Å². The second-order valence-electron chi connectivity index (χ2n) is 7.75. The van der Waals surface area contributed by atoms with Crippen LogP contribution in [0.3, 0.4) is 0 Å². The third-order valence-corrected chi connectivity index (χ3v) is 6.11. The molecule has 0 bridgehead atoms. The Hall–Kier alpha value is -3.85. The molecule has 0 fully saturated rings. The molecular formula is C26H21BrN2O6. The molecular weight excluding hydrogens is 516 g/mol. The Morgan fingerprint density at radius 3 is 2.09 bits per heavy atom. The van der Waals surface area contributed by atoms with Gasteiger partial charge in [-0.3, -0.25) is 4.79 Å². The van der Waals surface area contributed by atoms with E-state index in [9.17, 15) is 14.4 Å². The van der Waals surface area contributed by atoms with Gasteiger partial charge < -0.3 is 14.2 Å². The summed E-state index contributed by atoms with van der Waals surface area (Å²) in [6.45, 7) is 1.62. The number of hydrogen-bond donors (Lipinski definition) is 0. The van der Waals surface area contributed by atoms with E-state index in [1.165, 1.54) is 14.2 Å². The number of hydrogen-bond acceptors (Lipinski definition) is 8. The molecule has 0 spiro atoms. The van der Waals surface area contributed by atoms with Crippen molar-refractivity contribution in [2.75, 3.05) is 14.2 Å². The van der Waals surface area contributed by atoms with Crippen molar-refractivity contribution in [1.29, 1.82) is 0 Å². The number of methoxy groups -OCH3 is 2. The quantitative estimate of drug-likeness (QED) is 0.192. The van der Waals surface area contributed by atoms with Crippen LogP contribution in [0.25, 0.3) is 22.1 Å². The van der Waals surface area contributed by atoms with Gasteiger partial charge in [-0.15, -0.1) is 0 Å². The predicted octanol–water partition coefficient (Wildman–Crippen LogP) is 5.04. The van der Waals surface area contributed by atoms with Crippen molar-refractivity contribution >= 4 is 55.9 Å². The van der Waals surface area contributed by atoms with Crippen molar-refractivity contribution in [2.24, 2.45) is 5.92 Å². The Bertz CT molecular complexity index is 1440. The van der Waals surface area contributed by atoms with Gasteiger partial charge in [0, 0.05) is 10.0 Å². The molecule has 2 atom stereocenters. The standard InChI is InChI=1S/C26H21BrN2O6/c1-14(24(30)33-2)23(35-25(31)15-10-12-16(27)13-11-15)17-6-4-8-19-21(17)28-20-9-5-7-18(22(20)29-19)26(32)34-3/h4-14,23H,1-3H3/t14-,23-/m1/s1. The van der Waals surface area contributed by atoms with Gasteiger partial charge in [-0.25, -0.2) is 19.6 Å². The summed E-state index contributed by atoms with van der Waals surface area (Å²) >= 11 is 3.34. The lowest BCUT2D eigenvalue weighted by atomic mass is 9.95. The summed E-state index contributed by atoms with van der Waals surface area (Å²) in [5.74, 6) is -2.50. The van der Waals surface area contributed by atoms with Gasteiger partial charge >= 0.3 is 17.9 Å². The Balaban J connectivity index is 1.85. The summed E-state index contributed by atoms with van der Waals surface area (Å²) in [6, 6.07) is 16.9. The summed E-state index contributed by atoms with van der Waals surface area (Å²) < 4.78 is 16.5. The van der Waals surface area contributed by atoms with Crippen molar-refractivity contribution in [2.45, 2.75) is 13.0 Å². The van der Waals surface area contributed by atoms with Crippen molar-refractivity contribution in [3.63, 3.8) is 0 Å². The van der Waals surface area contributed by atoms with Crippen molar-refractivity contribution in [3.05, 3.63) is 81.8 Å². The number of benzene rings is 3. The van der Waals surface area contributed by atoms with Crippen LogP contribution in [0.1, 0.15) is 39.3 Å². The minimum absolute atomic E-state index is 0.283. The molecule has 0 saturated heterocycles. The van der Waals surface area contributed by atoms with Gasteiger partial charge in [-0.05, 0) is 49.4 Å². The highest BCUT2D eigenvalue weighted by Gasteiger charge is 2.32. The first-order valence-electron chi connectivity index (χ1n) is 10.7. The predicted molar refractivity (Wildman–Crippen MR) is 132 cm³/mol. The highest BCUT2D eigenvalue weighted by molar-refractivity contribution is 9.10. The summed E-state index contributed by atoms with van der Waals surface area (Å²) in [4.78, 5) is 47.0. The largest absolute Gasteiger partial charge is 0.469 e. The van der Waals surface area contributed by atoms with Crippen LogP contribution in [0, 0.1) is 5.92 Å². The molecule has 0 unspecified atom stereocenters. The first-order valence-corrected chi connectivity index (χ1v) is 11.5.